The van der Waals surface area contributed by atoms with Crippen molar-refractivity contribution in [2.75, 3.05) is 13.2 Å². The number of hydrogen-bond donors (Lipinski definition) is 0. The highest BCUT2D eigenvalue weighted by molar-refractivity contribution is 5.71. The fraction of sp³-hybridized carbons (Fsp3) is 0.776. The largest absolute Gasteiger partial charge is 0.462 e. The summed E-state index contributed by atoms with van der Waals surface area (Å²) in [6.45, 7) is 6.59. The van der Waals surface area contributed by atoms with Crippen LogP contribution in [-0.4, -0.2) is 37.2 Å². The van der Waals surface area contributed by atoms with Crippen molar-refractivity contribution in [2.24, 2.45) is 0 Å². The zero-order valence-corrected chi connectivity index (χ0v) is 48.4. The van der Waals surface area contributed by atoms with Crippen LogP contribution in [0.5, 0.6) is 0 Å². The van der Waals surface area contributed by atoms with Crippen LogP contribution in [0.3, 0.4) is 0 Å². The second kappa shape index (κ2) is 61.4. The third kappa shape index (κ3) is 59.6. The van der Waals surface area contributed by atoms with Gasteiger partial charge in [0.15, 0.2) is 6.10 Å². The molecule has 0 saturated carbocycles. The van der Waals surface area contributed by atoms with Crippen molar-refractivity contribution in [1.82, 2.24) is 0 Å². The molecule has 0 aliphatic carbocycles. The molecule has 0 unspecified atom stereocenters. The van der Waals surface area contributed by atoms with Crippen LogP contribution in [-0.2, 0) is 28.6 Å². The lowest BCUT2D eigenvalue weighted by atomic mass is 10.0. The summed E-state index contributed by atoms with van der Waals surface area (Å²) in [5.74, 6) is -0.903. The first kappa shape index (κ1) is 69.8. The van der Waals surface area contributed by atoms with Gasteiger partial charge in [-0.15, -0.1) is 0 Å². The Kier molecular flexibility index (Phi) is 58.7. The van der Waals surface area contributed by atoms with Gasteiger partial charge in [0.25, 0.3) is 0 Å². The number of carbonyl (C=O) groups excluding carboxylic acids is 3. The molecule has 0 radical (unpaired) electrons. The van der Waals surface area contributed by atoms with Crippen molar-refractivity contribution in [3.8, 4) is 0 Å². The molecule has 0 bridgehead atoms. The number of rotatable bonds is 57. The van der Waals surface area contributed by atoms with Gasteiger partial charge in [-0.1, -0.05) is 254 Å². The van der Waals surface area contributed by atoms with Gasteiger partial charge < -0.3 is 14.2 Å². The quantitative estimate of drug-likeness (QED) is 0.0261. The topological polar surface area (TPSA) is 78.9 Å². The minimum absolute atomic E-state index is 0.0859. The number of ether oxygens (including phenoxy) is 3. The lowest BCUT2D eigenvalue weighted by Gasteiger charge is -2.18. The highest BCUT2D eigenvalue weighted by atomic mass is 16.6. The molecule has 6 nitrogen and oxygen atoms in total. The SMILES string of the molecule is CCCCC/C=C\C/C=C\C/C=C\CCCCCCC(=O)OC[C@H](COC(=O)CCCCCCCCC/C=C\C/C=C\CCCCC)OC(=O)CCCCCCCCCCCCC/C=C\CCCCCCCC. The van der Waals surface area contributed by atoms with E-state index in [0.717, 1.165) is 96.3 Å². The van der Waals surface area contributed by atoms with Crippen LogP contribution in [0.15, 0.2) is 72.9 Å². The van der Waals surface area contributed by atoms with Crippen molar-refractivity contribution < 1.29 is 28.6 Å². The van der Waals surface area contributed by atoms with Crippen LogP contribution < -0.4 is 0 Å². The molecule has 0 amide bonds. The molecule has 0 aliphatic heterocycles. The fourth-order valence-corrected chi connectivity index (χ4v) is 8.89. The van der Waals surface area contributed by atoms with E-state index in [-0.39, 0.29) is 31.1 Å². The van der Waals surface area contributed by atoms with Gasteiger partial charge in [-0.05, 0) is 116 Å². The molecule has 0 rings (SSSR count). The van der Waals surface area contributed by atoms with Crippen LogP contribution in [0, 0.1) is 0 Å². The summed E-state index contributed by atoms with van der Waals surface area (Å²) in [4.78, 5) is 38.3. The molecule has 0 spiro atoms. The Morgan fingerprint density at radius 2 is 0.493 bits per heavy atom. The first-order chi connectivity index (χ1) is 36.0. The number of allylic oxidation sites excluding steroid dienone is 12. The molecule has 73 heavy (non-hydrogen) atoms. The number of unbranched alkanes of at least 4 members (excludes halogenated alkanes) is 34. The molecule has 422 valence electrons. The zero-order chi connectivity index (χ0) is 52.9. The van der Waals surface area contributed by atoms with E-state index in [1.165, 1.54) is 180 Å². The van der Waals surface area contributed by atoms with E-state index in [4.69, 9.17) is 14.2 Å². The zero-order valence-electron chi connectivity index (χ0n) is 48.4. The van der Waals surface area contributed by atoms with Crippen molar-refractivity contribution in [1.29, 1.82) is 0 Å². The average Bonchev–Trinajstić information content (AvgIpc) is 3.39. The summed E-state index contributed by atoms with van der Waals surface area (Å²) >= 11 is 0. The van der Waals surface area contributed by atoms with Gasteiger partial charge in [-0.3, -0.25) is 14.4 Å². The summed E-state index contributed by atoms with van der Waals surface area (Å²) in [7, 11) is 0. The Labute approximate surface area is 453 Å². The maximum atomic E-state index is 12.9. The maximum Gasteiger partial charge on any atom is 0.306 e. The van der Waals surface area contributed by atoms with E-state index in [1.807, 2.05) is 0 Å². The van der Waals surface area contributed by atoms with Gasteiger partial charge in [0.1, 0.15) is 13.2 Å². The highest BCUT2D eigenvalue weighted by Crippen LogP contribution is 2.16. The van der Waals surface area contributed by atoms with Gasteiger partial charge in [-0.25, -0.2) is 0 Å². The van der Waals surface area contributed by atoms with Crippen LogP contribution in [0.1, 0.15) is 316 Å². The predicted molar refractivity (Wildman–Crippen MR) is 316 cm³/mol. The molecule has 0 fully saturated rings. The first-order valence-electron chi connectivity index (χ1n) is 31.4. The molecule has 0 aromatic carbocycles. The molecular weight excluding hydrogens is 901 g/mol. The summed E-state index contributed by atoms with van der Waals surface area (Å²) in [6, 6.07) is 0. The molecule has 0 heterocycles. The van der Waals surface area contributed by atoms with E-state index in [1.54, 1.807) is 0 Å². The Balaban J connectivity index is 4.40. The van der Waals surface area contributed by atoms with E-state index in [0.29, 0.717) is 19.3 Å². The second-order valence-electron chi connectivity index (χ2n) is 21.0. The number of hydrogen-bond acceptors (Lipinski definition) is 6. The number of esters is 3. The molecule has 1 atom stereocenters. The molecule has 6 heteroatoms. The summed E-state index contributed by atoms with van der Waals surface area (Å²) in [5, 5.41) is 0. The monoisotopic (exact) mass is 1020 g/mol. The standard InChI is InChI=1S/C67H118O6/c1-4-7-10-13-16-19-22-25-28-31-32-33-34-37-40-43-46-49-52-55-58-61-67(70)73-64(62-71-65(68)59-56-53-50-47-44-41-38-35-29-26-23-20-17-14-11-8-5-2)63-72-66(69)60-57-54-51-48-45-42-39-36-30-27-24-21-18-15-12-9-6-3/h17-18,20-21,25-30,38,41,64H,4-16,19,22-24,31-37,39-40,42-63H2,1-3H3/b20-17-,21-18-,28-25-,29-26-,30-27-,41-38-/t64-/m1/s1. The summed E-state index contributed by atoms with van der Waals surface area (Å²) in [5.41, 5.74) is 0. The minimum atomic E-state index is -0.790. The van der Waals surface area contributed by atoms with Gasteiger partial charge >= 0.3 is 17.9 Å². The van der Waals surface area contributed by atoms with Crippen LogP contribution in [0.2, 0.25) is 0 Å². The minimum Gasteiger partial charge on any atom is -0.462 e. The Morgan fingerprint density at radius 3 is 0.808 bits per heavy atom. The predicted octanol–water partition coefficient (Wildman–Crippen LogP) is 21.3. The van der Waals surface area contributed by atoms with Gasteiger partial charge in [0.05, 0.1) is 0 Å². The van der Waals surface area contributed by atoms with E-state index in [9.17, 15) is 14.4 Å². The second-order valence-corrected chi connectivity index (χ2v) is 21.0. The van der Waals surface area contributed by atoms with Gasteiger partial charge in [-0.2, -0.15) is 0 Å². The normalized spacial score (nSPS) is 12.5. The first-order valence-corrected chi connectivity index (χ1v) is 31.4. The maximum absolute atomic E-state index is 12.9. The van der Waals surface area contributed by atoms with Crippen LogP contribution >= 0.6 is 0 Å². The van der Waals surface area contributed by atoms with Crippen molar-refractivity contribution in [2.45, 2.75) is 322 Å². The summed E-state index contributed by atoms with van der Waals surface area (Å²) in [6.07, 6.45) is 78.9. The van der Waals surface area contributed by atoms with Gasteiger partial charge in [0.2, 0.25) is 0 Å². The average molecular weight is 1020 g/mol. The van der Waals surface area contributed by atoms with E-state index in [2.05, 4.69) is 93.7 Å². The Morgan fingerprint density at radius 1 is 0.274 bits per heavy atom. The van der Waals surface area contributed by atoms with Crippen molar-refractivity contribution in [3.63, 3.8) is 0 Å². The third-order valence-electron chi connectivity index (χ3n) is 13.7. The molecule has 0 aromatic heterocycles. The van der Waals surface area contributed by atoms with Crippen LogP contribution in [0.4, 0.5) is 0 Å². The third-order valence-corrected chi connectivity index (χ3v) is 13.7. The molecule has 0 saturated heterocycles. The Bertz CT molecular complexity index is 1360. The lowest BCUT2D eigenvalue weighted by molar-refractivity contribution is -0.167. The van der Waals surface area contributed by atoms with E-state index >= 15 is 0 Å². The van der Waals surface area contributed by atoms with Crippen LogP contribution in [0.25, 0.3) is 0 Å². The molecular formula is C67H118O6. The molecule has 0 aliphatic rings. The molecule has 0 N–H and O–H groups in total. The number of carbonyl (C=O) groups is 3. The fourth-order valence-electron chi connectivity index (χ4n) is 8.89. The van der Waals surface area contributed by atoms with Crippen molar-refractivity contribution in [3.05, 3.63) is 72.9 Å². The van der Waals surface area contributed by atoms with E-state index < -0.39 is 6.10 Å². The highest BCUT2D eigenvalue weighted by Gasteiger charge is 2.19. The lowest BCUT2D eigenvalue weighted by Crippen LogP contribution is -2.30. The van der Waals surface area contributed by atoms with Crippen molar-refractivity contribution >= 4 is 17.9 Å². The smallest absolute Gasteiger partial charge is 0.306 e. The molecule has 0 aromatic rings. The van der Waals surface area contributed by atoms with Gasteiger partial charge in [0, 0.05) is 19.3 Å². The summed E-state index contributed by atoms with van der Waals surface area (Å²) < 4.78 is 16.9. The Hall–Kier alpha value is -3.15.